The monoisotopic (exact) mass is 243 g/mol. The van der Waals surface area contributed by atoms with E-state index < -0.39 is 0 Å². The van der Waals surface area contributed by atoms with E-state index in [9.17, 15) is 0 Å². The summed E-state index contributed by atoms with van der Waals surface area (Å²) in [5, 5.41) is 3.59. The largest absolute Gasteiger partial charge is 0.313 e. The first kappa shape index (κ1) is 12.2. The lowest BCUT2D eigenvalue weighted by Gasteiger charge is -2.34. The van der Waals surface area contributed by atoms with Gasteiger partial charge >= 0.3 is 0 Å². The number of fused-ring (bicyclic) bond motifs is 1. The van der Waals surface area contributed by atoms with Crippen molar-refractivity contribution in [3.63, 3.8) is 0 Å². The molecule has 1 aromatic rings. The van der Waals surface area contributed by atoms with E-state index in [0.717, 1.165) is 0 Å². The Morgan fingerprint density at radius 3 is 2.50 bits per heavy atom. The van der Waals surface area contributed by atoms with E-state index in [1.807, 2.05) is 0 Å². The van der Waals surface area contributed by atoms with Gasteiger partial charge in [-0.1, -0.05) is 38.0 Å². The van der Waals surface area contributed by atoms with E-state index in [1.165, 1.54) is 50.5 Å². The van der Waals surface area contributed by atoms with Gasteiger partial charge in [0.2, 0.25) is 0 Å². The van der Waals surface area contributed by atoms with Crippen LogP contribution in [-0.2, 0) is 12.8 Å². The molecule has 3 rings (SSSR count). The SMILES string of the molecule is CNC(c1ccc2c(c1)CCC2)C1(C)CCCC1. The maximum Gasteiger partial charge on any atom is 0.0372 e. The molecule has 0 bridgehead atoms. The van der Waals surface area contributed by atoms with Crippen molar-refractivity contribution < 1.29 is 0 Å². The minimum absolute atomic E-state index is 0.460. The zero-order valence-electron chi connectivity index (χ0n) is 11.8. The van der Waals surface area contributed by atoms with Crippen molar-refractivity contribution in [3.05, 3.63) is 34.9 Å². The minimum atomic E-state index is 0.460. The average Bonchev–Trinajstić information content (AvgIpc) is 2.98. The topological polar surface area (TPSA) is 12.0 Å². The molecule has 1 saturated carbocycles. The van der Waals surface area contributed by atoms with Crippen LogP contribution >= 0.6 is 0 Å². The van der Waals surface area contributed by atoms with Crippen molar-refractivity contribution in [3.8, 4) is 0 Å². The molecule has 0 aliphatic heterocycles. The van der Waals surface area contributed by atoms with Gasteiger partial charge < -0.3 is 5.32 Å². The van der Waals surface area contributed by atoms with E-state index in [4.69, 9.17) is 0 Å². The quantitative estimate of drug-likeness (QED) is 0.845. The normalized spacial score (nSPS) is 23.0. The Balaban J connectivity index is 1.92. The molecule has 0 radical (unpaired) electrons. The second-order valence-corrected chi connectivity index (χ2v) is 6.46. The van der Waals surface area contributed by atoms with Crippen molar-refractivity contribution in [2.45, 2.75) is 57.9 Å². The first-order valence-electron chi connectivity index (χ1n) is 7.52. The number of rotatable bonds is 3. The predicted octanol–water partition coefficient (Wildman–Crippen LogP) is 4.02. The molecule has 1 atom stereocenters. The molecular weight excluding hydrogens is 218 g/mol. The Morgan fingerprint density at radius 2 is 1.78 bits per heavy atom. The van der Waals surface area contributed by atoms with Crippen LogP contribution in [0.15, 0.2) is 18.2 Å². The van der Waals surface area contributed by atoms with Gasteiger partial charge in [0.1, 0.15) is 0 Å². The van der Waals surface area contributed by atoms with Crippen molar-refractivity contribution >= 4 is 0 Å². The third kappa shape index (κ3) is 1.99. The number of aryl methyl sites for hydroxylation is 2. The van der Waals surface area contributed by atoms with Gasteiger partial charge in [0.05, 0.1) is 0 Å². The standard InChI is InChI=1S/C17H25N/c1-17(10-3-4-11-17)16(18-2)15-9-8-13-6-5-7-14(13)12-15/h8-9,12,16,18H,3-7,10-11H2,1-2H3. The summed E-state index contributed by atoms with van der Waals surface area (Å²) in [7, 11) is 2.13. The zero-order valence-corrected chi connectivity index (χ0v) is 11.8. The summed E-state index contributed by atoms with van der Waals surface area (Å²) in [6, 6.07) is 7.76. The molecule has 1 heteroatoms. The molecule has 1 fully saturated rings. The highest BCUT2D eigenvalue weighted by atomic mass is 14.9. The maximum atomic E-state index is 3.59. The third-order valence-electron chi connectivity index (χ3n) is 5.19. The van der Waals surface area contributed by atoms with Gasteiger partial charge in [0, 0.05) is 6.04 Å². The smallest absolute Gasteiger partial charge is 0.0372 e. The van der Waals surface area contributed by atoms with Gasteiger partial charge in [0.25, 0.3) is 0 Å². The van der Waals surface area contributed by atoms with E-state index in [-0.39, 0.29) is 0 Å². The molecule has 2 aliphatic rings. The summed E-state index contributed by atoms with van der Waals surface area (Å²) >= 11 is 0. The number of benzene rings is 1. The van der Waals surface area contributed by atoms with Crippen LogP contribution in [0, 0.1) is 5.41 Å². The Hall–Kier alpha value is -0.820. The molecule has 18 heavy (non-hydrogen) atoms. The molecule has 0 aromatic heterocycles. The van der Waals surface area contributed by atoms with Gasteiger partial charge in [0.15, 0.2) is 0 Å². The first-order valence-corrected chi connectivity index (χ1v) is 7.52. The molecule has 0 saturated heterocycles. The Morgan fingerprint density at radius 1 is 1.06 bits per heavy atom. The highest BCUT2D eigenvalue weighted by molar-refractivity contribution is 5.37. The molecule has 1 N–H and O–H groups in total. The summed E-state index contributed by atoms with van der Waals surface area (Å²) in [4.78, 5) is 0. The molecule has 0 amide bonds. The summed E-state index contributed by atoms with van der Waals surface area (Å²) < 4.78 is 0. The van der Waals surface area contributed by atoms with E-state index in [0.29, 0.717) is 11.5 Å². The van der Waals surface area contributed by atoms with Gasteiger partial charge in [-0.3, -0.25) is 0 Å². The van der Waals surface area contributed by atoms with E-state index >= 15 is 0 Å². The third-order valence-corrected chi connectivity index (χ3v) is 5.19. The predicted molar refractivity (Wildman–Crippen MR) is 76.8 cm³/mol. The van der Waals surface area contributed by atoms with Crippen molar-refractivity contribution in [1.29, 1.82) is 0 Å². The second-order valence-electron chi connectivity index (χ2n) is 6.46. The Labute approximate surface area is 111 Å². The lowest BCUT2D eigenvalue weighted by Crippen LogP contribution is -2.32. The second kappa shape index (κ2) is 4.70. The van der Waals surface area contributed by atoms with Crippen molar-refractivity contribution in [2.24, 2.45) is 5.41 Å². The molecule has 98 valence electrons. The van der Waals surface area contributed by atoms with Crippen LogP contribution in [0.2, 0.25) is 0 Å². The summed E-state index contributed by atoms with van der Waals surface area (Å²) in [5.74, 6) is 0. The first-order chi connectivity index (χ1) is 8.73. The molecule has 2 aliphatic carbocycles. The fourth-order valence-electron chi connectivity index (χ4n) is 4.16. The van der Waals surface area contributed by atoms with Gasteiger partial charge in [-0.25, -0.2) is 0 Å². The van der Waals surface area contributed by atoms with Crippen LogP contribution in [0.25, 0.3) is 0 Å². The fraction of sp³-hybridized carbons (Fsp3) is 0.647. The lowest BCUT2D eigenvalue weighted by atomic mass is 9.77. The van der Waals surface area contributed by atoms with Crippen molar-refractivity contribution in [2.75, 3.05) is 7.05 Å². The highest BCUT2D eigenvalue weighted by Gasteiger charge is 2.37. The van der Waals surface area contributed by atoms with Crippen LogP contribution < -0.4 is 5.32 Å². The Bertz CT molecular complexity index is 429. The van der Waals surface area contributed by atoms with Gasteiger partial charge in [-0.2, -0.15) is 0 Å². The van der Waals surface area contributed by atoms with Crippen LogP contribution in [0.5, 0.6) is 0 Å². The van der Waals surface area contributed by atoms with Crippen molar-refractivity contribution in [1.82, 2.24) is 5.32 Å². The van der Waals surface area contributed by atoms with E-state index in [1.54, 1.807) is 11.1 Å². The Kier molecular flexibility index (Phi) is 3.19. The van der Waals surface area contributed by atoms with Crippen LogP contribution in [-0.4, -0.2) is 7.05 Å². The number of hydrogen-bond acceptors (Lipinski definition) is 1. The highest BCUT2D eigenvalue weighted by Crippen LogP contribution is 2.47. The summed E-state index contributed by atoms with van der Waals surface area (Å²) in [5.41, 5.74) is 5.17. The summed E-state index contributed by atoms with van der Waals surface area (Å²) in [6.45, 7) is 2.47. The maximum absolute atomic E-state index is 3.59. The van der Waals surface area contributed by atoms with E-state index in [2.05, 4.69) is 37.5 Å². The lowest BCUT2D eigenvalue weighted by molar-refractivity contribution is 0.233. The number of nitrogens with one attached hydrogen (secondary N) is 1. The molecule has 1 unspecified atom stereocenters. The van der Waals surface area contributed by atoms with Gasteiger partial charge in [-0.15, -0.1) is 0 Å². The molecule has 1 nitrogen and oxygen atoms in total. The average molecular weight is 243 g/mol. The van der Waals surface area contributed by atoms with Crippen LogP contribution in [0.3, 0.4) is 0 Å². The summed E-state index contributed by atoms with van der Waals surface area (Å²) in [6.07, 6.45) is 9.47. The molecule has 1 aromatic carbocycles. The number of hydrogen-bond donors (Lipinski definition) is 1. The fourth-order valence-corrected chi connectivity index (χ4v) is 4.16. The molecule has 0 spiro atoms. The zero-order chi connectivity index (χ0) is 12.6. The minimum Gasteiger partial charge on any atom is -0.313 e. The van der Waals surface area contributed by atoms with Crippen LogP contribution in [0.1, 0.15) is 61.8 Å². The molecule has 0 heterocycles. The van der Waals surface area contributed by atoms with Crippen LogP contribution in [0.4, 0.5) is 0 Å². The van der Waals surface area contributed by atoms with Gasteiger partial charge in [-0.05, 0) is 61.3 Å². The molecular formula is C17H25N.